The summed E-state index contributed by atoms with van der Waals surface area (Å²) in [7, 11) is 1.61. The SMILES string of the molecule is COc1cccc(F)c1[C@@H](N1CCNCC1)C(C)(C)C.Cl.Cl. The molecule has 1 N–H and O–H groups in total. The summed E-state index contributed by atoms with van der Waals surface area (Å²) in [6.07, 6.45) is 0. The van der Waals surface area contributed by atoms with Gasteiger partial charge in [0.1, 0.15) is 11.6 Å². The molecule has 0 bridgehead atoms. The van der Waals surface area contributed by atoms with E-state index >= 15 is 0 Å². The fourth-order valence-corrected chi connectivity index (χ4v) is 3.06. The maximum absolute atomic E-state index is 14.5. The van der Waals surface area contributed by atoms with Crippen LogP contribution in [0, 0.1) is 11.2 Å². The van der Waals surface area contributed by atoms with Gasteiger partial charge in [-0.3, -0.25) is 4.90 Å². The van der Waals surface area contributed by atoms with E-state index in [0.29, 0.717) is 11.3 Å². The predicted molar refractivity (Wildman–Crippen MR) is 94.1 cm³/mol. The Morgan fingerprint density at radius 3 is 2.27 bits per heavy atom. The van der Waals surface area contributed by atoms with Gasteiger partial charge in [0.05, 0.1) is 7.11 Å². The topological polar surface area (TPSA) is 24.5 Å². The summed E-state index contributed by atoms with van der Waals surface area (Å²) in [4.78, 5) is 2.36. The summed E-state index contributed by atoms with van der Waals surface area (Å²) in [5, 5.41) is 3.35. The molecule has 1 heterocycles. The van der Waals surface area contributed by atoms with Gasteiger partial charge in [0.15, 0.2) is 0 Å². The number of nitrogens with one attached hydrogen (secondary N) is 1. The lowest BCUT2D eigenvalue weighted by Gasteiger charge is -2.43. The first kappa shape index (κ1) is 21.4. The van der Waals surface area contributed by atoms with Crippen LogP contribution in [-0.4, -0.2) is 38.2 Å². The van der Waals surface area contributed by atoms with Crippen molar-refractivity contribution in [2.45, 2.75) is 26.8 Å². The Morgan fingerprint density at radius 2 is 1.77 bits per heavy atom. The summed E-state index contributed by atoms with van der Waals surface area (Å²) >= 11 is 0. The molecule has 0 radical (unpaired) electrons. The highest BCUT2D eigenvalue weighted by Crippen LogP contribution is 2.43. The Bertz CT molecular complexity index is 460. The summed E-state index contributed by atoms with van der Waals surface area (Å²) in [5.74, 6) is 0.464. The highest BCUT2D eigenvalue weighted by Gasteiger charge is 2.36. The minimum absolute atomic E-state index is 0. The molecule has 22 heavy (non-hydrogen) atoms. The number of hydrogen-bond acceptors (Lipinski definition) is 3. The van der Waals surface area contributed by atoms with Gasteiger partial charge in [0.2, 0.25) is 0 Å². The molecule has 0 unspecified atom stereocenters. The largest absolute Gasteiger partial charge is 0.496 e. The second-order valence-electron chi connectivity index (χ2n) is 6.41. The number of nitrogens with zero attached hydrogens (tertiary/aromatic N) is 1. The minimum Gasteiger partial charge on any atom is -0.496 e. The van der Waals surface area contributed by atoms with Gasteiger partial charge in [-0.25, -0.2) is 4.39 Å². The van der Waals surface area contributed by atoms with Gasteiger partial charge in [-0.15, -0.1) is 24.8 Å². The van der Waals surface area contributed by atoms with Crippen molar-refractivity contribution in [3.8, 4) is 5.75 Å². The van der Waals surface area contributed by atoms with Gasteiger partial charge < -0.3 is 10.1 Å². The van der Waals surface area contributed by atoms with Crippen LogP contribution in [0.15, 0.2) is 18.2 Å². The first-order valence-corrected chi connectivity index (χ1v) is 7.22. The van der Waals surface area contributed by atoms with E-state index in [1.54, 1.807) is 13.2 Å². The molecule has 1 atom stereocenters. The van der Waals surface area contributed by atoms with Crippen LogP contribution >= 0.6 is 24.8 Å². The van der Waals surface area contributed by atoms with Crippen LogP contribution in [0.25, 0.3) is 0 Å². The molecule has 1 aliphatic rings. The molecule has 0 saturated carbocycles. The third kappa shape index (κ3) is 4.72. The van der Waals surface area contributed by atoms with Crippen LogP contribution in [0.1, 0.15) is 32.4 Å². The maximum Gasteiger partial charge on any atom is 0.131 e. The molecule has 0 aliphatic carbocycles. The van der Waals surface area contributed by atoms with Crippen LogP contribution in [0.2, 0.25) is 0 Å². The molecule has 1 aromatic rings. The predicted octanol–water partition coefficient (Wildman–Crippen LogP) is 3.67. The highest BCUT2D eigenvalue weighted by molar-refractivity contribution is 5.85. The molecule has 1 saturated heterocycles. The normalized spacial score (nSPS) is 17.1. The van der Waals surface area contributed by atoms with Crippen molar-refractivity contribution in [1.82, 2.24) is 10.2 Å². The van der Waals surface area contributed by atoms with Crippen molar-refractivity contribution in [3.63, 3.8) is 0 Å². The number of ether oxygens (including phenoxy) is 1. The third-order valence-corrected chi connectivity index (χ3v) is 3.84. The van der Waals surface area contributed by atoms with E-state index in [4.69, 9.17) is 4.74 Å². The van der Waals surface area contributed by atoms with Crippen molar-refractivity contribution in [1.29, 1.82) is 0 Å². The lowest BCUT2D eigenvalue weighted by molar-refractivity contribution is 0.0812. The number of rotatable bonds is 3. The molecule has 0 aromatic heterocycles. The lowest BCUT2D eigenvalue weighted by Crippen LogP contribution is -2.48. The third-order valence-electron chi connectivity index (χ3n) is 3.84. The van der Waals surface area contributed by atoms with Crippen LogP contribution in [0.3, 0.4) is 0 Å². The van der Waals surface area contributed by atoms with E-state index < -0.39 is 0 Å². The van der Waals surface area contributed by atoms with Crippen molar-refractivity contribution >= 4 is 24.8 Å². The zero-order valence-corrected chi connectivity index (χ0v) is 15.3. The molecule has 3 nitrogen and oxygen atoms in total. The van der Waals surface area contributed by atoms with E-state index in [1.165, 1.54) is 6.07 Å². The highest BCUT2D eigenvalue weighted by atomic mass is 35.5. The average Bonchev–Trinajstić information content (AvgIpc) is 2.40. The number of benzene rings is 1. The van der Waals surface area contributed by atoms with Gasteiger partial charge in [0, 0.05) is 37.8 Å². The van der Waals surface area contributed by atoms with Crippen molar-refractivity contribution in [2.24, 2.45) is 5.41 Å². The smallest absolute Gasteiger partial charge is 0.131 e. The van der Waals surface area contributed by atoms with E-state index in [1.807, 2.05) is 6.07 Å². The summed E-state index contributed by atoms with van der Waals surface area (Å²) in [5.41, 5.74) is 0.622. The standard InChI is InChI=1S/C16H25FN2O.2ClH/c1-16(2,3)15(19-10-8-18-9-11-19)14-12(17)6-5-7-13(14)20-4;;/h5-7,15,18H,8-11H2,1-4H3;2*1H/t15-;;/m1../s1. The molecule has 128 valence electrons. The van der Waals surface area contributed by atoms with E-state index in [9.17, 15) is 4.39 Å². The first-order chi connectivity index (χ1) is 9.45. The molecule has 0 spiro atoms. The molecule has 1 aromatic carbocycles. The van der Waals surface area contributed by atoms with Crippen molar-refractivity contribution in [2.75, 3.05) is 33.3 Å². The van der Waals surface area contributed by atoms with Gasteiger partial charge in [-0.05, 0) is 17.5 Å². The Balaban J connectivity index is 0.00000220. The van der Waals surface area contributed by atoms with Crippen LogP contribution in [0.4, 0.5) is 4.39 Å². The zero-order chi connectivity index (χ0) is 14.8. The monoisotopic (exact) mass is 352 g/mol. The molecule has 0 amide bonds. The van der Waals surface area contributed by atoms with E-state index in [-0.39, 0.29) is 42.1 Å². The van der Waals surface area contributed by atoms with Gasteiger partial charge in [-0.2, -0.15) is 0 Å². The molecule has 6 heteroatoms. The van der Waals surface area contributed by atoms with Crippen LogP contribution < -0.4 is 10.1 Å². The number of hydrogen-bond donors (Lipinski definition) is 1. The Morgan fingerprint density at radius 1 is 1.18 bits per heavy atom. The molecular formula is C16H27Cl2FN2O. The van der Waals surface area contributed by atoms with Gasteiger partial charge >= 0.3 is 0 Å². The molecular weight excluding hydrogens is 326 g/mol. The summed E-state index contributed by atoms with van der Waals surface area (Å²) in [6, 6.07) is 5.09. The fourth-order valence-electron chi connectivity index (χ4n) is 3.06. The molecule has 2 rings (SSSR count). The van der Waals surface area contributed by atoms with Crippen molar-refractivity contribution in [3.05, 3.63) is 29.6 Å². The second-order valence-corrected chi connectivity index (χ2v) is 6.41. The van der Waals surface area contributed by atoms with Gasteiger partial charge in [-0.1, -0.05) is 26.8 Å². The van der Waals surface area contributed by atoms with Crippen molar-refractivity contribution < 1.29 is 9.13 Å². The lowest BCUT2D eigenvalue weighted by atomic mass is 9.80. The Hall–Kier alpha value is -0.550. The summed E-state index contributed by atoms with van der Waals surface area (Å²) < 4.78 is 19.9. The summed E-state index contributed by atoms with van der Waals surface area (Å²) in [6.45, 7) is 10.2. The fraction of sp³-hybridized carbons (Fsp3) is 0.625. The second kappa shape index (κ2) is 8.92. The molecule has 1 fully saturated rings. The average molecular weight is 353 g/mol. The maximum atomic E-state index is 14.5. The minimum atomic E-state index is -0.178. The Kier molecular flexibility index (Phi) is 8.70. The number of methoxy groups -OCH3 is 1. The van der Waals surface area contributed by atoms with E-state index in [0.717, 1.165) is 26.2 Å². The quantitative estimate of drug-likeness (QED) is 0.897. The number of halogens is 3. The van der Waals surface area contributed by atoms with E-state index in [2.05, 4.69) is 31.0 Å². The van der Waals surface area contributed by atoms with Gasteiger partial charge in [0.25, 0.3) is 0 Å². The van der Waals surface area contributed by atoms with Crippen LogP contribution in [0.5, 0.6) is 5.75 Å². The Labute approximate surface area is 145 Å². The zero-order valence-electron chi connectivity index (χ0n) is 13.7. The number of piperazine rings is 1. The molecule has 1 aliphatic heterocycles. The first-order valence-electron chi connectivity index (χ1n) is 7.22. The van der Waals surface area contributed by atoms with Crippen LogP contribution in [-0.2, 0) is 0 Å².